The summed E-state index contributed by atoms with van der Waals surface area (Å²) < 4.78 is 8.26. The summed E-state index contributed by atoms with van der Waals surface area (Å²) in [6, 6.07) is 8.70. The second-order valence-electron chi connectivity index (χ2n) is 3.06. The van der Waals surface area contributed by atoms with Gasteiger partial charge in [0.15, 0.2) is 0 Å². The first kappa shape index (κ1) is 10.8. The quantitative estimate of drug-likeness (QED) is 0.680. The average Bonchev–Trinajstić information content (AvgIpc) is 2.19. The zero-order valence-corrected chi connectivity index (χ0v) is 10.0. The van der Waals surface area contributed by atoms with Crippen LogP contribution in [-0.4, -0.2) is 13.2 Å². The van der Waals surface area contributed by atoms with Gasteiger partial charge in [-0.05, 0) is 31.0 Å². The van der Waals surface area contributed by atoms with E-state index in [1.165, 1.54) is 5.56 Å². The van der Waals surface area contributed by atoms with Crippen LogP contribution >= 0.6 is 22.9 Å². The molecule has 0 aliphatic heterocycles. The van der Waals surface area contributed by atoms with Crippen molar-refractivity contribution < 1.29 is 4.74 Å². The second kappa shape index (κ2) is 5.44. The summed E-state index contributed by atoms with van der Waals surface area (Å²) in [5, 5.41) is 0. The zero-order chi connectivity index (χ0) is 9.68. The summed E-state index contributed by atoms with van der Waals surface area (Å²) in [5.41, 5.74) is 1.33. The minimum atomic E-state index is 0.508. The van der Waals surface area contributed by atoms with Crippen molar-refractivity contribution in [3.05, 3.63) is 29.8 Å². The van der Waals surface area contributed by atoms with Crippen molar-refractivity contribution >= 4 is 22.9 Å². The van der Waals surface area contributed by atoms with E-state index in [0.717, 1.165) is 12.2 Å². The largest absolute Gasteiger partial charge is 0.497 e. The number of methoxy groups -OCH3 is 1. The van der Waals surface area contributed by atoms with Crippen LogP contribution < -0.4 is 8.27 Å². The molecule has 3 heteroatoms. The fourth-order valence-electron chi connectivity index (χ4n) is 1.15. The summed E-state index contributed by atoms with van der Waals surface area (Å²) in [6.45, 7) is 2.16. The van der Waals surface area contributed by atoms with E-state index in [1.54, 1.807) is 7.11 Å². The van der Waals surface area contributed by atoms with Gasteiger partial charge in [0.05, 0.1) is 7.11 Å². The fraction of sp³-hybridized carbons (Fsp3) is 0.400. The Bertz CT molecular complexity index is 248. The standard InChI is InChI=1S/C10H14INO/c1-8(12-11)7-9-3-5-10(13-2)6-4-9/h3-6,8,12H,7H2,1-2H3. The molecule has 0 fully saturated rings. The van der Waals surface area contributed by atoms with E-state index in [9.17, 15) is 0 Å². The Hall–Kier alpha value is -0.290. The second-order valence-corrected chi connectivity index (χ2v) is 3.69. The molecule has 0 aromatic heterocycles. The molecule has 13 heavy (non-hydrogen) atoms. The summed E-state index contributed by atoms with van der Waals surface area (Å²) >= 11 is 2.18. The smallest absolute Gasteiger partial charge is 0.118 e. The molecule has 0 saturated heterocycles. The van der Waals surface area contributed by atoms with E-state index in [0.29, 0.717) is 6.04 Å². The first-order valence-corrected chi connectivity index (χ1v) is 5.33. The molecule has 1 unspecified atom stereocenters. The van der Waals surface area contributed by atoms with Gasteiger partial charge in [0.25, 0.3) is 0 Å². The first-order chi connectivity index (χ1) is 6.26. The van der Waals surface area contributed by atoms with Crippen LogP contribution in [0, 0.1) is 0 Å². The van der Waals surface area contributed by atoms with Gasteiger partial charge < -0.3 is 4.74 Å². The molecule has 0 aliphatic rings. The van der Waals surface area contributed by atoms with Gasteiger partial charge in [-0.1, -0.05) is 12.1 Å². The van der Waals surface area contributed by atoms with Gasteiger partial charge in [-0.25, -0.2) is 0 Å². The maximum Gasteiger partial charge on any atom is 0.118 e. The van der Waals surface area contributed by atoms with Crippen LogP contribution in [0.5, 0.6) is 5.75 Å². The highest BCUT2D eigenvalue weighted by Crippen LogP contribution is 2.12. The van der Waals surface area contributed by atoms with Gasteiger partial charge in [0, 0.05) is 28.9 Å². The van der Waals surface area contributed by atoms with Crippen LogP contribution in [-0.2, 0) is 6.42 Å². The average molecular weight is 291 g/mol. The monoisotopic (exact) mass is 291 g/mol. The Morgan fingerprint density at radius 3 is 2.46 bits per heavy atom. The van der Waals surface area contributed by atoms with Crippen LogP contribution in [0.25, 0.3) is 0 Å². The van der Waals surface area contributed by atoms with Crippen molar-refractivity contribution in [2.75, 3.05) is 7.11 Å². The number of rotatable bonds is 4. The molecule has 0 heterocycles. The Balaban J connectivity index is 2.58. The maximum atomic E-state index is 5.08. The van der Waals surface area contributed by atoms with E-state index in [-0.39, 0.29) is 0 Å². The predicted molar refractivity (Wildman–Crippen MR) is 63.3 cm³/mol. The van der Waals surface area contributed by atoms with Crippen LogP contribution in [0.3, 0.4) is 0 Å². The molecule has 1 aromatic rings. The third-order valence-corrected chi connectivity index (χ3v) is 2.95. The van der Waals surface area contributed by atoms with Gasteiger partial charge in [-0.3, -0.25) is 3.53 Å². The van der Waals surface area contributed by atoms with Crippen LogP contribution in [0.1, 0.15) is 12.5 Å². The number of hydrogen-bond donors (Lipinski definition) is 1. The van der Waals surface area contributed by atoms with Gasteiger partial charge in [0.1, 0.15) is 5.75 Å². The van der Waals surface area contributed by atoms with Crippen LogP contribution in [0.2, 0.25) is 0 Å². The van der Waals surface area contributed by atoms with E-state index < -0.39 is 0 Å². The number of halogens is 1. The van der Waals surface area contributed by atoms with Crippen LogP contribution in [0.15, 0.2) is 24.3 Å². The van der Waals surface area contributed by atoms with Gasteiger partial charge in [0.2, 0.25) is 0 Å². The lowest BCUT2D eigenvalue weighted by Crippen LogP contribution is -2.18. The molecule has 1 rings (SSSR count). The Labute approximate surface area is 93.2 Å². The fourth-order valence-corrected chi connectivity index (χ4v) is 1.37. The lowest BCUT2D eigenvalue weighted by atomic mass is 10.1. The van der Waals surface area contributed by atoms with E-state index in [4.69, 9.17) is 4.74 Å². The van der Waals surface area contributed by atoms with Gasteiger partial charge in [-0.15, -0.1) is 0 Å². The van der Waals surface area contributed by atoms with Crippen molar-refractivity contribution in [3.63, 3.8) is 0 Å². The molecular weight excluding hydrogens is 277 g/mol. The molecule has 0 amide bonds. The lowest BCUT2D eigenvalue weighted by Gasteiger charge is -2.08. The van der Waals surface area contributed by atoms with E-state index in [2.05, 4.69) is 45.5 Å². The molecule has 1 N–H and O–H groups in total. The molecule has 72 valence electrons. The molecule has 0 saturated carbocycles. The topological polar surface area (TPSA) is 21.3 Å². The summed E-state index contributed by atoms with van der Waals surface area (Å²) in [6.07, 6.45) is 1.05. The van der Waals surface area contributed by atoms with Crippen molar-refractivity contribution in [1.29, 1.82) is 0 Å². The van der Waals surface area contributed by atoms with Crippen LogP contribution in [0.4, 0.5) is 0 Å². The lowest BCUT2D eigenvalue weighted by molar-refractivity contribution is 0.414. The molecule has 0 spiro atoms. The first-order valence-electron chi connectivity index (χ1n) is 4.25. The number of ether oxygens (including phenoxy) is 1. The molecular formula is C10H14INO. The SMILES string of the molecule is COc1ccc(CC(C)NI)cc1. The molecule has 1 aromatic carbocycles. The zero-order valence-electron chi connectivity index (χ0n) is 7.88. The van der Waals surface area contributed by atoms with Crippen molar-refractivity contribution in [2.45, 2.75) is 19.4 Å². The molecule has 1 atom stereocenters. The Kier molecular flexibility index (Phi) is 4.52. The van der Waals surface area contributed by atoms with Crippen molar-refractivity contribution in [2.24, 2.45) is 0 Å². The number of hydrogen-bond acceptors (Lipinski definition) is 2. The third-order valence-electron chi connectivity index (χ3n) is 1.89. The number of nitrogens with one attached hydrogen (secondary N) is 1. The third kappa shape index (κ3) is 3.52. The summed E-state index contributed by atoms with van der Waals surface area (Å²) in [7, 11) is 1.68. The van der Waals surface area contributed by atoms with Crippen molar-refractivity contribution in [1.82, 2.24) is 3.53 Å². The van der Waals surface area contributed by atoms with Gasteiger partial charge in [-0.2, -0.15) is 0 Å². The molecule has 0 aliphatic carbocycles. The minimum absolute atomic E-state index is 0.508. The summed E-state index contributed by atoms with van der Waals surface area (Å²) in [4.78, 5) is 0. The normalized spacial score (nSPS) is 12.5. The van der Waals surface area contributed by atoms with E-state index >= 15 is 0 Å². The number of benzene rings is 1. The predicted octanol–water partition coefficient (Wildman–Crippen LogP) is 2.57. The highest BCUT2D eigenvalue weighted by molar-refractivity contribution is 14.1. The minimum Gasteiger partial charge on any atom is -0.497 e. The Morgan fingerprint density at radius 1 is 1.38 bits per heavy atom. The molecule has 2 nitrogen and oxygen atoms in total. The van der Waals surface area contributed by atoms with E-state index in [1.807, 2.05) is 12.1 Å². The molecule has 0 bridgehead atoms. The highest BCUT2D eigenvalue weighted by Gasteiger charge is 2.00. The Morgan fingerprint density at radius 2 is 2.00 bits per heavy atom. The highest BCUT2D eigenvalue weighted by atomic mass is 127. The molecule has 0 radical (unpaired) electrons. The van der Waals surface area contributed by atoms with Gasteiger partial charge >= 0.3 is 0 Å². The summed E-state index contributed by atoms with van der Waals surface area (Å²) in [5.74, 6) is 0.916. The van der Waals surface area contributed by atoms with Crippen molar-refractivity contribution in [3.8, 4) is 5.75 Å². The maximum absolute atomic E-state index is 5.08.